The third-order valence-electron chi connectivity index (χ3n) is 1.71. The number of aromatic nitrogens is 2. The molecule has 6 heteroatoms. The molecule has 0 aliphatic rings. The van der Waals surface area contributed by atoms with Gasteiger partial charge in [-0.25, -0.2) is 4.79 Å². The maximum atomic E-state index is 13.0. The van der Waals surface area contributed by atoms with Crippen LogP contribution in [0.3, 0.4) is 0 Å². The van der Waals surface area contributed by atoms with Crippen molar-refractivity contribution in [1.29, 1.82) is 0 Å². The lowest BCUT2D eigenvalue weighted by Gasteiger charge is -2.10. The number of aryl methyl sites for hydroxylation is 2. The van der Waals surface area contributed by atoms with Crippen molar-refractivity contribution in [3.8, 4) is 0 Å². The highest BCUT2D eigenvalue weighted by Crippen LogP contribution is 2.31. The van der Waals surface area contributed by atoms with Crippen LogP contribution in [0.2, 0.25) is 0 Å². The van der Waals surface area contributed by atoms with Crippen LogP contribution in [-0.2, 0) is 10.7 Å². The van der Waals surface area contributed by atoms with Crippen LogP contribution in [0.15, 0.2) is 0 Å². The highest BCUT2D eigenvalue weighted by Gasteiger charge is 2.44. The number of aromatic amines is 1. The SMILES string of the molecule is Cc1n[nH]c(C)c1C(F)(F)C(=O)O. The summed E-state index contributed by atoms with van der Waals surface area (Å²) in [5.41, 5.74) is -0.477. The minimum absolute atomic E-state index is 0.00454. The second kappa shape index (κ2) is 2.79. The number of carboxylic acid groups (broad SMARTS) is 1. The normalized spacial score (nSPS) is 11.7. The third kappa shape index (κ3) is 1.39. The number of halogens is 2. The summed E-state index contributed by atoms with van der Waals surface area (Å²) in [6.45, 7) is 2.68. The van der Waals surface area contributed by atoms with Crippen LogP contribution in [0.5, 0.6) is 0 Å². The molecule has 1 aromatic heterocycles. The quantitative estimate of drug-likeness (QED) is 0.736. The van der Waals surface area contributed by atoms with E-state index in [1.165, 1.54) is 13.8 Å². The summed E-state index contributed by atoms with van der Waals surface area (Å²) in [6.07, 6.45) is 0. The molecule has 0 bridgehead atoms. The molecule has 0 saturated heterocycles. The van der Waals surface area contributed by atoms with E-state index in [0.717, 1.165) is 0 Å². The number of carbonyl (C=O) groups is 1. The molecule has 0 amide bonds. The van der Waals surface area contributed by atoms with Gasteiger partial charge in [0.2, 0.25) is 0 Å². The average Bonchev–Trinajstić information content (AvgIpc) is 2.30. The standard InChI is InChI=1S/C7H8F2N2O2/c1-3-5(4(2)11-10-3)7(8,9)6(12)13/h1-2H3,(H,10,11)(H,12,13). The molecule has 0 aliphatic heterocycles. The highest BCUT2D eigenvalue weighted by atomic mass is 19.3. The third-order valence-corrected chi connectivity index (χ3v) is 1.71. The molecule has 1 heterocycles. The van der Waals surface area contributed by atoms with Gasteiger partial charge in [0.15, 0.2) is 0 Å². The predicted octanol–water partition coefficient (Wildman–Crippen LogP) is 1.20. The summed E-state index contributed by atoms with van der Waals surface area (Å²) in [5.74, 6) is -6.04. The fraction of sp³-hybridized carbons (Fsp3) is 0.429. The fourth-order valence-corrected chi connectivity index (χ4v) is 1.12. The molecule has 0 spiro atoms. The van der Waals surface area contributed by atoms with Crippen molar-refractivity contribution in [1.82, 2.24) is 10.2 Å². The largest absolute Gasteiger partial charge is 0.477 e. The molecule has 0 unspecified atom stereocenters. The zero-order valence-electron chi connectivity index (χ0n) is 7.06. The maximum absolute atomic E-state index is 13.0. The summed E-state index contributed by atoms with van der Waals surface area (Å²) < 4.78 is 25.9. The van der Waals surface area contributed by atoms with Gasteiger partial charge in [0.1, 0.15) is 0 Å². The van der Waals surface area contributed by atoms with Gasteiger partial charge in [0, 0.05) is 5.69 Å². The van der Waals surface area contributed by atoms with E-state index in [-0.39, 0.29) is 11.4 Å². The van der Waals surface area contributed by atoms with E-state index in [2.05, 4.69) is 10.2 Å². The zero-order valence-corrected chi connectivity index (χ0v) is 7.06. The summed E-state index contributed by atoms with van der Waals surface area (Å²) in [6, 6.07) is 0. The minimum atomic E-state index is -3.87. The van der Waals surface area contributed by atoms with Gasteiger partial charge in [-0.2, -0.15) is 13.9 Å². The molecule has 0 radical (unpaired) electrons. The second-order valence-electron chi connectivity index (χ2n) is 2.69. The van der Waals surface area contributed by atoms with Gasteiger partial charge < -0.3 is 5.11 Å². The Balaban J connectivity index is 3.28. The molecular formula is C7H8F2N2O2. The molecule has 0 fully saturated rings. The molecular weight excluding hydrogens is 182 g/mol. The number of aliphatic carboxylic acids is 1. The van der Waals surface area contributed by atoms with Crippen LogP contribution in [0.4, 0.5) is 8.78 Å². The Morgan fingerprint density at radius 1 is 1.54 bits per heavy atom. The number of H-pyrrole nitrogens is 1. The number of carboxylic acids is 1. The molecule has 1 rings (SSSR count). The molecule has 1 aromatic rings. The molecule has 0 atom stereocenters. The van der Waals surface area contributed by atoms with E-state index in [0.29, 0.717) is 0 Å². The van der Waals surface area contributed by atoms with Gasteiger partial charge in [-0.3, -0.25) is 5.10 Å². The molecule has 13 heavy (non-hydrogen) atoms. The Labute approximate surface area is 72.6 Å². The van der Waals surface area contributed by atoms with Crippen molar-refractivity contribution in [3.63, 3.8) is 0 Å². The van der Waals surface area contributed by atoms with Crippen molar-refractivity contribution in [3.05, 3.63) is 17.0 Å². The number of rotatable bonds is 2. The van der Waals surface area contributed by atoms with Crippen molar-refractivity contribution in [2.24, 2.45) is 0 Å². The van der Waals surface area contributed by atoms with E-state index < -0.39 is 17.5 Å². The summed E-state index contributed by atoms with van der Waals surface area (Å²) in [4.78, 5) is 10.2. The maximum Gasteiger partial charge on any atom is 0.379 e. The van der Waals surface area contributed by atoms with E-state index in [1.807, 2.05) is 0 Å². The first kappa shape index (κ1) is 9.63. The number of nitrogens with one attached hydrogen (secondary N) is 1. The van der Waals surface area contributed by atoms with Crippen LogP contribution in [-0.4, -0.2) is 21.3 Å². The Bertz CT molecular complexity index is 327. The topological polar surface area (TPSA) is 66.0 Å². The van der Waals surface area contributed by atoms with E-state index in [1.54, 1.807) is 0 Å². The summed E-state index contributed by atoms with van der Waals surface area (Å²) >= 11 is 0. The number of alkyl halides is 2. The van der Waals surface area contributed by atoms with Gasteiger partial charge in [0.05, 0.1) is 11.3 Å². The first-order valence-corrected chi connectivity index (χ1v) is 3.50. The molecule has 0 aliphatic carbocycles. The zero-order chi connectivity index (χ0) is 10.2. The van der Waals surface area contributed by atoms with Gasteiger partial charge in [-0.1, -0.05) is 0 Å². The van der Waals surface area contributed by atoms with Crippen LogP contribution in [0.25, 0.3) is 0 Å². The Morgan fingerprint density at radius 3 is 2.38 bits per heavy atom. The molecule has 4 nitrogen and oxygen atoms in total. The number of hydrogen-bond acceptors (Lipinski definition) is 2. The number of hydrogen-bond donors (Lipinski definition) is 2. The van der Waals surface area contributed by atoms with E-state index in [9.17, 15) is 13.6 Å². The molecule has 2 N–H and O–H groups in total. The lowest BCUT2D eigenvalue weighted by molar-refractivity contribution is -0.166. The van der Waals surface area contributed by atoms with Crippen molar-refractivity contribution < 1.29 is 18.7 Å². The predicted molar refractivity (Wildman–Crippen MR) is 39.6 cm³/mol. The van der Waals surface area contributed by atoms with Gasteiger partial charge in [-0.15, -0.1) is 0 Å². The highest BCUT2D eigenvalue weighted by molar-refractivity contribution is 5.78. The lowest BCUT2D eigenvalue weighted by atomic mass is 10.1. The minimum Gasteiger partial charge on any atom is -0.477 e. The van der Waals surface area contributed by atoms with Crippen molar-refractivity contribution in [2.75, 3.05) is 0 Å². The Kier molecular flexibility index (Phi) is 2.07. The molecule has 72 valence electrons. The number of nitrogens with zero attached hydrogens (tertiary/aromatic N) is 1. The van der Waals surface area contributed by atoms with Gasteiger partial charge >= 0.3 is 11.9 Å². The van der Waals surface area contributed by atoms with Gasteiger partial charge in [0.25, 0.3) is 0 Å². The van der Waals surface area contributed by atoms with Crippen LogP contribution in [0.1, 0.15) is 17.0 Å². The monoisotopic (exact) mass is 190 g/mol. The van der Waals surface area contributed by atoms with E-state index >= 15 is 0 Å². The van der Waals surface area contributed by atoms with Crippen LogP contribution < -0.4 is 0 Å². The van der Waals surface area contributed by atoms with Gasteiger partial charge in [-0.05, 0) is 13.8 Å². The average molecular weight is 190 g/mol. The first-order valence-electron chi connectivity index (χ1n) is 3.50. The Hall–Kier alpha value is -1.46. The second-order valence-corrected chi connectivity index (χ2v) is 2.69. The Morgan fingerprint density at radius 2 is 2.08 bits per heavy atom. The van der Waals surface area contributed by atoms with Crippen molar-refractivity contribution in [2.45, 2.75) is 19.8 Å². The van der Waals surface area contributed by atoms with Crippen molar-refractivity contribution >= 4 is 5.97 Å². The van der Waals surface area contributed by atoms with E-state index in [4.69, 9.17) is 5.11 Å². The summed E-state index contributed by atoms with van der Waals surface area (Å²) in [7, 11) is 0. The molecule has 0 aromatic carbocycles. The first-order chi connectivity index (χ1) is 5.87. The van der Waals surface area contributed by atoms with Crippen LogP contribution in [0, 0.1) is 13.8 Å². The fourth-order valence-electron chi connectivity index (χ4n) is 1.12. The molecule has 0 saturated carbocycles. The lowest BCUT2D eigenvalue weighted by Crippen LogP contribution is -2.26. The smallest absolute Gasteiger partial charge is 0.379 e. The summed E-state index contributed by atoms with van der Waals surface area (Å²) in [5, 5.41) is 14.1. The van der Waals surface area contributed by atoms with Crippen LogP contribution >= 0.6 is 0 Å².